The van der Waals surface area contributed by atoms with E-state index in [1.54, 1.807) is 0 Å². The Hall–Kier alpha value is -0.750. The summed E-state index contributed by atoms with van der Waals surface area (Å²) in [5.74, 6) is -0.990. The Labute approximate surface area is 75.9 Å². The number of aliphatic carboxylic acids is 1. The third-order valence-electron chi connectivity index (χ3n) is 1.17. The lowest BCUT2D eigenvalue weighted by Gasteiger charge is -2.11. The van der Waals surface area contributed by atoms with Crippen molar-refractivity contribution >= 4 is 24.5 Å². The first-order valence-electron chi connectivity index (χ1n) is 3.39. The van der Waals surface area contributed by atoms with Crippen LogP contribution in [0.2, 0.25) is 0 Å². The lowest BCUT2D eigenvalue weighted by Crippen LogP contribution is -2.44. The van der Waals surface area contributed by atoms with Crippen LogP contribution in [0.25, 0.3) is 0 Å². The molecule has 0 saturated heterocycles. The minimum atomic E-state index is -0.977. The summed E-state index contributed by atoms with van der Waals surface area (Å²) in [4.78, 5) is 20.7. The lowest BCUT2D eigenvalue weighted by molar-refractivity contribution is -0.139. The van der Waals surface area contributed by atoms with E-state index in [0.717, 1.165) is 0 Å². The summed E-state index contributed by atoms with van der Waals surface area (Å²) < 4.78 is 0. The van der Waals surface area contributed by atoms with Crippen LogP contribution in [0.4, 0.5) is 0 Å². The second kappa shape index (κ2) is 5.84. The van der Waals surface area contributed by atoms with Gasteiger partial charge in [-0.25, -0.2) is 0 Å². The number of amides is 1. The lowest BCUT2D eigenvalue weighted by atomic mass is 10.3. The van der Waals surface area contributed by atoms with Crippen LogP contribution in [0, 0.1) is 0 Å². The summed E-state index contributed by atoms with van der Waals surface area (Å²) in [7, 11) is 0. The average molecular weight is 192 g/mol. The average Bonchev–Trinajstić information content (AvgIpc) is 1.96. The van der Waals surface area contributed by atoms with E-state index < -0.39 is 12.0 Å². The van der Waals surface area contributed by atoms with E-state index in [0.29, 0.717) is 0 Å². The van der Waals surface area contributed by atoms with Gasteiger partial charge in [0.05, 0.1) is 6.67 Å². The molecule has 70 valence electrons. The molecule has 0 aromatic carbocycles. The Bertz CT molecular complexity index is 174. The first kappa shape index (κ1) is 11.2. The molecule has 0 aromatic heterocycles. The SMILES string of the molecule is CC(=O)NCNC(CS)C(=O)O. The van der Waals surface area contributed by atoms with Gasteiger partial charge in [0, 0.05) is 12.7 Å². The van der Waals surface area contributed by atoms with Crippen molar-refractivity contribution in [3.8, 4) is 0 Å². The fourth-order valence-corrected chi connectivity index (χ4v) is 0.814. The molecule has 0 aromatic rings. The smallest absolute Gasteiger partial charge is 0.321 e. The summed E-state index contributed by atoms with van der Waals surface area (Å²) in [6, 6.07) is -0.722. The van der Waals surface area contributed by atoms with Gasteiger partial charge in [-0.15, -0.1) is 0 Å². The predicted molar refractivity (Wildman–Crippen MR) is 47.1 cm³/mol. The molecule has 0 fully saturated rings. The van der Waals surface area contributed by atoms with Crippen molar-refractivity contribution in [1.82, 2.24) is 10.6 Å². The van der Waals surface area contributed by atoms with Crippen LogP contribution in [0.15, 0.2) is 0 Å². The van der Waals surface area contributed by atoms with Crippen LogP contribution < -0.4 is 10.6 Å². The zero-order valence-electron chi connectivity index (χ0n) is 6.70. The number of hydrogen-bond donors (Lipinski definition) is 4. The first-order valence-corrected chi connectivity index (χ1v) is 4.02. The zero-order chi connectivity index (χ0) is 9.56. The molecule has 0 spiro atoms. The van der Waals surface area contributed by atoms with Crippen LogP contribution >= 0.6 is 12.6 Å². The van der Waals surface area contributed by atoms with Crippen molar-refractivity contribution in [2.45, 2.75) is 13.0 Å². The van der Waals surface area contributed by atoms with Gasteiger partial charge < -0.3 is 10.4 Å². The first-order chi connectivity index (χ1) is 5.57. The highest BCUT2D eigenvalue weighted by molar-refractivity contribution is 7.80. The Morgan fingerprint density at radius 3 is 2.50 bits per heavy atom. The quantitative estimate of drug-likeness (QED) is 0.334. The molecule has 12 heavy (non-hydrogen) atoms. The van der Waals surface area contributed by atoms with Crippen molar-refractivity contribution in [2.75, 3.05) is 12.4 Å². The fourth-order valence-electron chi connectivity index (χ4n) is 0.529. The standard InChI is InChI=1S/C6H12N2O3S/c1-4(9)7-3-8-5(2-12)6(10)11/h5,8,12H,2-3H2,1H3,(H,7,9)(H,10,11). The summed E-state index contributed by atoms with van der Waals surface area (Å²) in [5, 5.41) is 13.5. The number of carboxylic acid groups (broad SMARTS) is 1. The minimum Gasteiger partial charge on any atom is -0.480 e. The van der Waals surface area contributed by atoms with Crippen LogP contribution in [-0.4, -0.2) is 35.4 Å². The topological polar surface area (TPSA) is 78.4 Å². The van der Waals surface area contributed by atoms with E-state index in [2.05, 4.69) is 23.3 Å². The number of carbonyl (C=O) groups excluding carboxylic acids is 1. The summed E-state index contributed by atoms with van der Waals surface area (Å²) >= 11 is 3.82. The minimum absolute atomic E-state index is 0.146. The highest BCUT2D eigenvalue weighted by atomic mass is 32.1. The van der Waals surface area contributed by atoms with Gasteiger partial charge in [-0.3, -0.25) is 14.9 Å². The van der Waals surface area contributed by atoms with Crippen LogP contribution in [0.3, 0.4) is 0 Å². The second-order valence-corrected chi connectivity index (χ2v) is 2.55. The Balaban J connectivity index is 3.59. The van der Waals surface area contributed by atoms with E-state index in [4.69, 9.17) is 5.11 Å². The van der Waals surface area contributed by atoms with Gasteiger partial charge >= 0.3 is 5.97 Å². The molecule has 1 unspecified atom stereocenters. The molecule has 5 nitrogen and oxygen atoms in total. The van der Waals surface area contributed by atoms with Crippen molar-refractivity contribution < 1.29 is 14.7 Å². The van der Waals surface area contributed by atoms with Gasteiger partial charge in [-0.2, -0.15) is 12.6 Å². The van der Waals surface area contributed by atoms with Crippen molar-refractivity contribution in [3.05, 3.63) is 0 Å². The number of thiol groups is 1. The van der Waals surface area contributed by atoms with Crippen molar-refractivity contribution in [1.29, 1.82) is 0 Å². The maximum atomic E-state index is 10.4. The Morgan fingerprint density at radius 1 is 1.58 bits per heavy atom. The van der Waals surface area contributed by atoms with Crippen molar-refractivity contribution in [2.24, 2.45) is 0 Å². The molecule has 0 bridgehead atoms. The molecule has 0 heterocycles. The largest absolute Gasteiger partial charge is 0.480 e. The Kier molecular flexibility index (Phi) is 5.48. The predicted octanol–water partition coefficient (Wildman–Crippen LogP) is -0.947. The third kappa shape index (κ3) is 4.97. The van der Waals surface area contributed by atoms with Crippen LogP contribution in [-0.2, 0) is 9.59 Å². The van der Waals surface area contributed by atoms with Crippen LogP contribution in [0.5, 0.6) is 0 Å². The van der Waals surface area contributed by atoms with E-state index in [1.807, 2.05) is 0 Å². The highest BCUT2D eigenvalue weighted by Crippen LogP contribution is 1.86. The second-order valence-electron chi connectivity index (χ2n) is 2.19. The van der Waals surface area contributed by atoms with Gasteiger partial charge in [0.1, 0.15) is 6.04 Å². The number of rotatable bonds is 5. The molecule has 6 heteroatoms. The highest BCUT2D eigenvalue weighted by Gasteiger charge is 2.13. The molecule has 0 aliphatic carbocycles. The summed E-state index contributed by atoms with van der Waals surface area (Å²) in [6.07, 6.45) is 0. The van der Waals surface area contributed by atoms with Gasteiger partial charge in [-0.05, 0) is 0 Å². The van der Waals surface area contributed by atoms with E-state index >= 15 is 0 Å². The normalized spacial score (nSPS) is 12.2. The summed E-state index contributed by atoms with van der Waals surface area (Å²) in [5.41, 5.74) is 0. The molecule has 1 amide bonds. The van der Waals surface area contributed by atoms with Gasteiger partial charge in [0.25, 0.3) is 0 Å². The maximum Gasteiger partial charge on any atom is 0.321 e. The number of nitrogens with one attached hydrogen (secondary N) is 2. The molecule has 0 rings (SSSR count). The zero-order valence-corrected chi connectivity index (χ0v) is 7.60. The fraction of sp³-hybridized carbons (Fsp3) is 0.667. The van der Waals surface area contributed by atoms with E-state index in [1.165, 1.54) is 6.92 Å². The summed E-state index contributed by atoms with van der Waals surface area (Å²) in [6.45, 7) is 1.50. The molecule has 0 saturated carbocycles. The van der Waals surface area contributed by atoms with Crippen LogP contribution in [0.1, 0.15) is 6.92 Å². The van der Waals surface area contributed by atoms with Crippen molar-refractivity contribution in [3.63, 3.8) is 0 Å². The monoisotopic (exact) mass is 192 g/mol. The molecule has 0 radical (unpaired) electrons. The molecule has 0 aliphatic rings. The van der Waals surface area contributed by atoms with Gasteiger partial charge in [0.15, 0.2) is 0 Å². The third-order valence-corrected chi connectivity index (χ3v) is 1.53. The maximum absolute atomic E-state index is 10.4. The molecule has 3 N–H and O–H groups in total. The number of hydrogen-bond acceptors (Lipinski definition) is 4. The number of carboxylic acids is 1. The van der Waals surface area contributed by atoms with E-state index in [-0.39, 0.29) is 18.3 Å². The van der Waals surface area contributed by atoms with Gasteiger partial charge in [-0.1, -0.05) is 0 Å². The molecule has 1 atom stereocenters. The number of carbonyl (C=O) groups is 2. The molecular formula is C6H12N2O3S. The molecule has 0 aliphatic heterocycles. The van der Waals surface area contributed by atoms with E-state index in [9.17, 15) is 9.59 Å². The Morgan fingerprint density at radius 2 is 2.17 bits per heavy atom. The molecular weight excluding hydrogens is 180 g/mol. The van der Waals surface area contributed by atoms with Gasteiger partial charge in [0.2, 0.25) is 5.91 Å².